The summed E-state index contributed by atoms with van der Waals surface area (Å²) in [7, 11) is 1.56. The maximum atomic E-state index is 13.3. The van der Waals surface area contributed by atoms with Crippen LogP contribution < -0.4 is 15.4 Å². The quantitative estimate of drug-likeness (QED) is 0.432. The number of halogens is 2. The maximum Gasteiger partial charge on any atom is 0.251 e. The van der Waals surface area contributed by atoms with Crippen molar-refractivity contribution in [2.45, 2.75) is 31.6 Å². The Morgan fingerprint density at radius 1 is 1.21 bits per heavy atom. The van der Waals surface area contributed by atoms with Crippen molar-refractivity contribution >= 4 is 40.9 Å². The third-order valence-electron chi connectivity index (χ3n) is 4.68. The highest BCUT2D eigenvalue weighted by Gasteiger charge is 2.20. The van der Waals surface area contributed by atoms with Gasteiger partial charge in [-0.05, 0) is 56.3 Å². The van der Waals surface area contributed by atoms with E-state index in [4.69, 9.17) is 16.3 Å². The molecule has 2 aromatic carbocycles. The molecule has 3 aromatic rings. The Labute approximate surface area is 199 Å². The van der Waals surface area contributed by atoms with E-state index >= 15 is 0 Å². The summed E-state index contributed by atoms with van der Waals surface area (Å²) in [5, 5.41) is 14.4. The second kappa shape index (κ2) is 11.2. The van der Waals surface area contributed by atoms with Crippen molar-refractivity contribution in [1.82, 2.24) is 20.1 Å². The lowest BCUT2D eigenvalue weighted by Crippen LogP contribution is -2.28. The SMILES string of the molecule is CCn1c(SCC(=O)Nc2ccc(F)c(Cl)c2)nnc1[C@@H](C)NC(=O)c1ccc(OC)cc1. The fourth-order valence-corrected chi connectivity index (χ4v) is 4.00. The van der Waals surface area contributed by atoms with E-state index in [1.807, 2.05) is 18.4 Å². The first-order valence-corrected chi connectivity index (χ1v) is 11.4. The number of carbonyl (C=O) groups is 2. The number of rotatable bonds is 9. The van der Waals surface area contributed by atoms with Crippen LogP contribution in [0.1, 0.15) is 36.1 Å². The molecular weight excluding hydrogens is 469 g/mol. The minimum atomic E-state index is -0.555. The first-order valence-electron chi connectivity index (χ1n) is 10.1. The van der Waals surface area contributed by atoms with Gasteiger partial charge in [0.25, 0.3) is 5.91 Å². The van der Waals surface area contributed by atoms with Crippen LogP contribution in [0.2, 0.25) is 5.02 Å². The van der Waals surface area contributed by atoms with Crippen LogP contribution in [0.3, 0.4) is 0 Å². The van der Waals surface area contributed by atoms with Crippen molar-refractivity contribution in [3.05, 3.63) is 64.7 Å². The van der Waals surface area contributed by atoms with Gasteiger partial charge >= 0.3 is 0 Å². The number of amides is 2. The highest BCUT2D eigenvalue weighted by Crippen LogP contribution is 2.23. The molecule has 2 N–H and O–H groups in total. The molecule has 1 heterocycles. The average Bonchev–Trinajstić information content (AvgIpc) is 3.23. The Kier molecular flexibility index (Phi) is 8.29. The molecule has 0 saturated carbocycles. The van der Waals surface area contributed by atoms with Gasteiger partial charge in [-0.1, -0.05) is 23.4 Å². The summed E-state index contributed by atoms with van der Waals surface area (Å²) in [5.41, 5.74) is 0.900. The predicted octanol–water partition coefficient (Wildman–Crippen LogP) is 4.32. The third kappa shape index (κ3) is 6.23. The number of thioether (sulfide) groups is 1. The number of anilines is 1. The van der Waals surface area contributed by atoms with Gasteiger partial charge in [0.2, 0.25) is 5.91 Å². The number of ether oxygens (including phenoxy) is 1. The first-order chi connectivity index (χ1) is 15.8. The van der Waals surface area contributed by atoms with Gasteiger partial charge in [0.15, 0.2) is 11.0 Å². The normalized spacial score (nSPS) is 11.7. The molecule has 0 aliphatic rings. The van der Waals surface area contributed by atoms with Gasteiger partial charge in [-0.3, -0.25) is 9.59 Å². The summed E-state index contributed by atoms with van der Waals surface area (Å²) in [5.74, 6) is 0.213. The number of hydrogen-bond acceptors (Lipinski definition) is 6. The summed E-state index contributed by atoms with van der Waals surface area (Å²) >= 11 is 6.95. The third-order valence-corrected chi connectivity index (χ3v) is 5.94. The number of nitrogens with zero attached hydrogens (tertiary/aromatic N) is 3. The number of carbonyl (C=O) groups excluding carboxylic acids is 2. The molecule has 33 heavy (non-hydrogen) atoms. The van der Waals surface area contributed by atoms with Crippen molar-refractivity contribution in [3.8, 4) is 5.75 Å². The van der Waals surface area contributed by atoms with Crippen molar-refractivity contribution in [2.75, 3.05) is 18.2 Å². The molecule has 0 bridgehead atoms. The zero-order chi connectivity index (χ0) is 24.0. The average molecular weight is 492 g/mol. The molecule has 3 rings (SSSR count). The highest BCUT2D eigenvalue weighted by molar-refractivity contribution is 7.99. The lowest BCUT2D eigenvalue weighted by molar-refractivity contribution is -0.113. The summed E-state index contributed by atoms with van der Waals surface area (Å²) in [6.45, 7) is 4.30. The molecule has 0 unspecified atom stereocenters. The van der Waals surface area contributed by atoms with E-state index < -0.39 is 11.9 Å². The molecule has 0 aliphatic heterocycles. The molecule has 1 atom stereocenters. The van der Waals surface area contributed by atoms with Crippen LogP contribution in [-0.4, -0.2) is 39.4 Å². The Morgan fingerprint density at radius 3 is 2.58 bits per heavy atom. The zero-order valence-corrected chi connectivity index (χ0v) is 19.8. The largest absolute Gasteiger partial charge is 0.497 e. The Balaban J connectivity index is 1.61. The van der Waals surface area contributed by atoms with Gasteiger partial charge in [0, 0.05) is 17.8 Å². The fraction of sp³-hybridized carbons (Fsp3) is 0.273. The van der Waals surface area contributed by atoms with Crippen LogP contribution in [0, 0.1) is 5.82 Å². The van der Waals surface area contributed by atoms with Crippen molar-refractivity contribution < 1.29 is 18.7 Å². The minimum Gasteiger partial charge on any atom is -0.497 e. The smallest absolute Gasteiger partial charge is 0.251 e. The van der Waals surface area contributed by atoms with E-state index in [9.17, 15) is 14.0 Å². The number of hydrogen-bond donors (Lipinski definition) is 2. The molecule has 1 aromatic heterocycles. The van der Waals surface area contributed by atoms with Crippen molar-refractivity contribution in [2.24, 2.45) is 0 Å². The van der Waals surface area contributed by atoms with Gasteiger partial charge in [0.05, 0.1) is 23.9 Å². The Bertz CT molecular complexity index is 1140. The van der Waals surface area contributed by atoms with Crippen LogP contribution in [0.4, 0.5) is 10.1 Å². The monoisotopic (exact) mass is 491 g/mol. The van der Waals surface area contributed by atoms with Crippen LogP contribution in [0.25, 0.3) is 0 Å². The molecule has 0 saturated heterocycles. The minimum absolute atomic E-state index is 0.0681. The second-order valence-corrected chi connectivity index (χ2v) is 8.32. The Morgan fingerprint density at radius 2 is 1.94 bits per heavy atom. The molecular formula is C22H23ClFN5O3S. The van der Waals surface area contributed by atoms with Crippen molar-refractivity contribution in [1.29, 1.82) is 0 Å². The van der Waals surface area contributed by atoms with Gasteiger partial charge in [-0.25, -0.2) is 4.39 Å². The molecule has 11 heteroatoms. The highest BCUT2D eigenvalue weighted by atomic mass is 35.5. The maximum absolute atomic E-state index is 13.3. The fourth-order valence-electron chi connectivity index (χ4n) is 3.01. The summed E-state index contributed by atoms with van der Waals surface area (Å²) in [4.78, 5) is 24.8. The van der Waals surface area contributed by atoms with Gasteiger partial charge in [-0.2, -0.15) is 0 Å². The number of nitrogens with one attached hydrogen (secondary N) is 2. The predicted molar refractivity (Wildman–Crippen MR) is 125 cm³/mol. The second-order valence-electron chi connectivity index (χ2n) is 6.97. The van der Waals surface area contributed by atoms with E-state index in [0.29, 0.717) is 34.5 Å². The van der Waals surface area contributed by atoms with Crippen LogP contribution >= 0.6 is 23.4 Å². The van der Waals surface area contributed by atoms with Crippen LogP contribution in [0.5, 0.6) is 5.75 Å². The topological polar surface area (TPSA) is 98.1 Å². The molecule has 0 spiro atoms. The number of aromatic nitrogens is 3. The van der Waals surface area contributed by atoms with Crippen LogP contribution in [0.15, 0.2) is 47.6 Å². The molecule has 8 nitrogen and oxygen atoms in total. The standard InChI is InChI=1S/C22H23ClFN5O3S/c1-4-29-20(13(2)25-21(31)14-5-8-16(32-3)9-6-14)27-28-22(29)33-12-19(30)26-15-7-10-18(24)17(23)11-15/h5-11,13H,4,12H2,1-3H3,(H,25,31)(H,26,30)/t13-/m1/s1. The first kappa shape index (κ1) is 24.5. The summed E-state index contributed by atoms with van der Waals surface area (Å²) in [6.07, 6.45) is 0. The van der Waals surface area contributed by atoms with E-state index in [0.717, 1.165) is 0 Å². The van der Waals surface area contributed by atoms with Gasteiger partial charge in [-0.15, -0.1) is 10.2 Å². The summed E-state index contributed by atoms with van der Waals surface area (Å²) < 4.78 is 20.2. The van der Waals surface area contributed by atoms with E-state index in [1.165, 1.54) is 30.0 Å². The van der Waals surface area contributed by atoms with E-state index in [1.54, 1.807) is 31.4 Å². The lowest BCUT2D eigenvalue weighted by atomic mass is 10.2. The lowest BCUT2D eigenvalue weighted by Gasteiger charge is -2.15. The van der Waals surface area contributed by atoms with Gasteiger partial charge < -0.3 is 19.9 Å². The Hall–Kier alpha value is -3.11. The van der Waals surface area contributed by atoms with E-state index in [-0.39, 0.29) is 22.6 Å². The molecule has 0 aliphatic carbocycles. The molecule has 2 amide bonds. The van der Waals surface area contributed by atoms with Crippen molar-refractivity contribution in [3.63, 3.8) is 0 Å². The molecule has 0 radical (unpaired) electrons. The molecule has 0 fully saturated rings. The number of benzene rings is 2. The zero-order valence-electron chi connectivity index (χ0n) is 18.3. The summed E-state index contributed by atoms with van der Waals surface area (Å²) in [6, 6.07) is 10.4. The van der Waals surface area contributed by atoms with Crippen LogP contribution in [-0.2, 0) is 11.3 Å². The van der Waals surface area contributed by atoms with Gasteiger partial charge in [0.1, 0.15) is 11.6 Å². The molecule has 174 valence electrons. The number of methoxy groups -OCH3 is 1. The van der Waals surface area contributed by atoms with E-state index in [2.05, 4.69) is 20.8 Å².